The van der Waals surface area contributed by atoms with Crippen LogP contribution in [0.25, 0.3) is 0 Å². The van der Waals surface area contributed by atoms with Crippen LogP contribution in [0.1, 0.15) is 19.4 Å². The summed E-state index contributed by atoms with van der Waals surface area (Å²) in [5, 5.41) is 18.6. The fourth-order valence-corrected chi connectivity index (χ4v) is 1.51. The molecule has 0 aliphatic heterocycles. The van der Waals surface area contributed by atoms with Gasteiger partial charge in [0.15, 0.2) is 0 Å². The van der Waals surface area contributed by atoms with Gasteiger partial charge in [-0.3, -0.25) is 0 Å². The number of aromatic hydroxyl groups is 1. The Bertz CT molecular complexity index is 347. The fraction of sp³-hybridized carbons (Fsp3) is 0.455. The lowest BCUT2D eigenvalue weighted by atomic mass is 10.2. The molecule has 0 aromatic heterocycles. The van der Waals surface area contributed by atoms with Gasteiger partial charge in [0.1, 0.15) is 5.75 Å². The molecule has 0 radical (unpaired) electrons. The van der Waals surface area contributed by atoms with Crippen molar-refractivity contribution >= 4 is 5.69 Å². The molecule has 84 valence electrons. The first-order valence-corrected chi connectivity index (χ1v) is 4.84. The number of phenolic OH excluding ortho intramolecular Hbond substituents is 1. The van der Waals surface area contributed by atoms with Crippen molar-refractivity contribution in [1.82, 2.24) is 0 Å². The van der Waals surface area contributed by atoms with Crippen molar-refractivity contribution in [3.63, 3.8) is 0 Å². The van der Waals surface area contributed by atoms with Crippen LogP contribution in [0.5, 0.6) is 5.75 Å². The van der Waals surface area contributed by atoms with Crippen molar-refractivity contribution in [2.45, 2.75) is 26.7 Å². The van der Waals surface area contributed by atoms with Gasteiger partial charge in [-0.05, 0) is 37.6 Å². The van der Waals surface area contributed by atoms with Crippen LogP contribution in [-0.4, -0.2) is 22.7 Å². The minimum Gasteiger partial charge on any atom is -0.508 e. The van der Waals surface area contributed by atoms with Gasteiger partial charge in [-0.1, -0.05) is 0 Å². The number of aryl methyl sites for hydroxylation is 1. The number of benzene rings is 1. The van der Waals surface area contributed by atoms with Gasteiger partial charge < -0.3 is 15.1 Å². The highest BCUT2D eigenvalue weighted by Gasteiger charge is 2.27. The van der Waals surface area contributed by atoms with Crippen LogP contribution in [0.2, 0.25) is 0 Å². The van der Waals surface area contributed by atoms with Gasteiger partial charge in [0, 0.05) is 19.2 Å². The number of hydrogen-bond acceptors (Lipinski definition) is 3. The molecule has 0 amide bonds. The summed E-state index contributed by atoms with van der Waals surface area (Å²) in [5.41, 5.74) is 1.19. The summed E-state index contributed by atoms with van der Waals surface area (Å²) in [6, 6.07) is 4.69. The molecule has 0 fully saturated rings. The number of alkyl halides is 1. The molecule has 0 heterocycles. The molecule has 1 aromatic carbocycles. The summed E-state index contributed by atoms with van der Waals surface area (Å²) < 4.78 is 13.4. The van der Waals surface area contributed by atoms with Crippen molar-refractivity contribution in [3.8, 4) is 5.75 Å². The number of rotatable bonds is 3. The topological polar surface area (TPSA) is 43.7 Å². The predicted octanol–water partition coefficient (Wildman–Crippen LogP) is 2.16. The number of halogens is 1. The molecular weight excluding hydrogens is 197 g/mol. The lowest BCUT2D eigenvalue weighted by Crippen LogP contribution is -2.42. The van der Waals surface area contributed by atoms with Crippen LogP contribution >= 0.6 is 0 Å². The summed E-state index contributed by atoms with van der Waals surface area (Å²) >= 11 is 0. The predicted molar refractivity (Wildman–Crippen MR) is 57.6 cm³/mol. The van der Waals surface area contributed by atoms with E-state index >= 15 is 0 Å². The molecule has 4 heteroatoms. The molecule has 1 rings (SSSR count). The number of anilines is 1. The molecule has 1 unspecified atom stereocenters. The molecule has 3 nitrogen and oxygen atoms in total. The zero-order valence-electron chi connectivity index (χ0n) is 9.16. The van der Waals surface area contributed by atoms with Gasteiger partial charge in [-0.2, -0.15) is 4.39 Å². The van der Waals surface area contributed by atoms with E-state index in [4.69, 9.17) is 0 Å². The maximum Gasteiger partial charge on any atom is 0.284 e. The monoisotopic (exact) mass is 213 g/mol. The number of phenols is 1. The van der Waals surface area contributed by atoms with Crippen LogP contribution in [0, 0.1) is 6.92 Å². The van der Waals surface area contributed by atoms with Gasteiger partial charge in [0.05, 0.1) is 0 Å². The quantitative estimate of drug-likeness (QED) is 0.597. The molecule has 0 saturated heterocycles. The summed E-state index contributed by atoms with van der Waals surface area (Å²) in [6.07, 6.45) is 0. The highest BCUT2D eigenvalue weighted by molar-refractivity contribution is 5.53. The summed E-state index contributed by atoms with van der Waals surface area (Å²) in [6.45, 7) is 4.89. The lowest BCUT2D eigenvalue weighted by Gasteiger charge is -2.31. The van der Waals surface area contributed by atoms with Gasteiger partial charge >= 0.3 is 0 Å². The van der Waals surface area contributed by atoms with Crippen LogP contribution in [0.3, 0.4) is 0 Å². The Morgan fingerprint density at radius 2 is 2.07 bits per heavy atom. The Balaban J connectivity index is 3.08. The average Bonchev–Trinajstić information content (AvgIpc) is 2.10. The number of hydrogen-bond donors (Lipinski definition) is 2. The van der Waals surface area contributed by atoms with Crippen LogP contribution < -0.4 is 4.90 Å². The van der Waals surface area contributed by atoms with Gasteiger partial charge in [-0.15, -0.1) is 0 Å². The molecule has 0 aliphatic carbocycles. The van der Waals surface area contributed by atoms with E-state index in [1.54, 1.807) is 26.0 Å². The Morgan fingerprint density at radius 1 is 1.47 bits per heavy atom. The second-order valence-corrected chi connectivity index (χ2v) is 3.62. The third kappa shape index (κ3) is 2.59. The zero-order valence-corrected chi connectivity index (χ0v) is 9.16. The van der Waals surface area contributed by atoms with Crippen molar-refractivity contribution in [3.05, 3.63) is 23.8 Å². The fourth-order valence-electron chi connectivity index (χ4n) is 1.51. The second-order valence-electron chi connectivity index (χ2n) is 3.62. The van der Waals surface area contributed by atoms with Crippen molar-refractivity contribution < 1.29 is 14.6 Å². The Morgan fingerprint density at radius 3 is 2.47 bits per heavy atom. The second kappa shape index (κ2) is 4.06. The highest BCUT2D eigenvalue weighted by Crippen LogP contribution is 2.27. The summed E-state index contributed by atoms with van der Waals surface area (Å²) in [4.78, 5) is 1.21. The lowest BCUT2D eigenvalue weighted by molar-refractivity contribution is -0.0708. The summed E-state index contributed by atoms with van der Waals surface area (Å²) in [5.74, 6) is -2.23. The zero-order chi connectivity index (χ0) is 11.6. The third-order valence-electron chi connectivity index (χ3n) is 2.30. The minimum absolute atomic E-state index is 0.160. The molecule has 2 N–H and O–H groups in total. The van der Waals surface area contributed by atoms with Gasteiger partial charge in [0.2, 0.25) is 0 Å². The van der Waals surface area contributed by atoms with E-state index in [9.17, 15) is 14.6 Å². The van der Waals surface area contributed by atoms with E-state index in [1.165, 1.54) is 11.0 Å². The molecule has 0 spiro atoms. The smallest absolute Gasteiger partial charge is 0.284 e. The maximum atomic E-state index is 13.4. The number of nitrogens with zero attached hydrogens (tertiary/aromatic N) is 1. The maximum absolute atomic E-state index is 13.4. The molecular formula is C11H16FNO2. The van der Waals surface area contributed by atoms with Crippen LogP contribution in [0.15, 0.2) is 18.2 Å². The third-order valence-corrected chi connectivity index (χ3v) is 2.30. The summed E-state index contributed by atoms with van der Waals surface area (Å²) in [7, 11) is 0. The molecule has 15 heavy (non-hydrogen) atoms. The standard InChI is InChI=1S/C11H16FNO2/c1-4-13(11(3,12)15)9-5-6-10(14)8(2)7-9/h5-7,14-15H,4H2,1-3H3. The Kier molecular flexibility index (Phi) is 3.19. The van der Waals surface area contributed by atoms with Crippen LogP contribution in [-0.2, 0) is 0 Å². The normalized spacial score (nSPS) is 14.7. The van der Waals surface area contributed by atoms with E-state index < -0.39 is 5.98 Å². The average molecular weight is 213 g/mol. The minimum atomic E-state index is -2.39. The van der Waals surface area contributed by atoms with E-state index in [1.807, 2.05) is 0 Å². The SMILES string of the molecule is CCN(c1ccc(O)c(C)c1)C(C)(O)F. The Labute approximate surface area is 88.8 Å². The molecule has 0 saturated carbocycles. The van der Waals surface area contributed by atoms with E-state index in [0.29, 0.717) is 17.8 Å². The van der Waals surface area contributed by atoms with Crippen LogP contribution in [0.4, 0.5) is 10.1 Å². The molecule has 0 bridgehead atoms. The van der Waals surface area contributed by atoms with Gasteiger partial charge in [-0.25, -0.2) is 0 Å². The molecule has 1 aromatic rings. The largest absolute Gasteiger partial charge is 0.508 e. The first kappa shape index (κ1) is 11.8. The highest BCUT2D eigenvalue weighted by atomic mass is 19.2. The molecule has 1 atom stereocenters. The van der Waals surface area contributed by atoms with E-state index in [0.717, 1.165) is 6.92 Å². The van der Waals surface area contributed by atoms with E-state index in [2.05, 4.69) is 0 Å². The van der Waals surface area contributed by atoms with Gasteiger partial charge in [0.25, 0.3) is 5.98 Å². The van der Waals surface area contributed by atoms with E-state index in [-0.39, 0.29) is 5.75 Å². The van der Waals surface area contributed by atoms with Crippen molar-refractivity contribution in [1.29, 1.82) is 0 Å². The molecule has 0 aliphatic rings. The van der Waals surface area contributed by atoms with Crippen molar-refractivity contribution in [2.75, 3.05) is 11.4 Å². The first-order valence-electron chi connectivity index (χ1n) is 4.84. The Hall–Kier alpha value is -1.29. The first-order chi connectivity index (χ1) is 6.86. The van der Waals surface area contributed by atoms with Crippen molar-refractivity contribution in [2.24, 2.45) is 0 Å². The number of aliphatic hydroxyl groups is 1.